The van der Waals surface area contributed by atoms with Gasteiger partial charge in [-0.25, -0.2) is 9.59 Å². The molecule has 1 N–H and O–H groups in total. The van der Waals surface area contributed by atoms with Gasteiger partial charge in [0.1, 0.15) is 6.61 Å². The molecule has 4 bridgehead atoms. The molecule has 10 nitrogen and oxygen atoms in total. The predicted octanol–water partition coefficient (Wildman–Crippen LogP) is 1.71. The van der Waals surface area contributed by atoms with Crippen LogP contribution in [0.1, 0.15) is 46.5 Å². The first-order valence-electron chi connectivity index (χ1n) is 14.4. The maximum Gasteiger partial charge on any atom is 0.411 e. The van der Waals surface area contributed by atoms with Gasteiger partial charge in [-0.05, 0) is 30.1 Å². The van der Waals surface area contributed by atoms with Gasteiger partial charge in [-0.3, -0.25) is 14.7 Å². The van der Waals surface area contributed by atoms with E-state index in [2.05, 4.69) is 45.7 Å². The molecule has 6 saturated heterocycles. The van der Waals surface area contributed by atoms with Gasteiger partial charge in [0.15, 0.2) is 6.23 Å². The Morgan fingerprint density at radius 1 is 0.919 bits per heavy atom. The fraction of sp³-hybridized carbons (Fsp3) is 0.926. The number of hydrogen-bond acceptors (Lipinski definition) is 8. The van der Waals surface area contributed by atoms with E-state index >= 15 is 0 Å². The Bertz CT molecular complexity index is 826. The fourth-order valence-electron chi connectivity index (χ4n) is 7.85. The van der Waals surface area contributed by atoms with Crippen molar-refractivity contribution < 1.29 is 19.1 Å². The van der Waals surface area contributed by atoms with Crippen molar-refractivity contribution in [1.82, 2.24) is 29.8 Å². The predicted molar refractivity (Wildman–Crippen MR) is 141 cm³/mol. The third-order valence-electron chi connectivity index (χ3n) is 9.24. The van der Waals surface area contributed by atoms with Crippen molar-refractivity contribution >= 4 is 12.2 Å². The van der Waals surface area contributed by atoms with Gasteiger partial charge in [0.05, 0.1) is 6.04 Å². The average molecular weight is 521 g/mol. The normalized spacial score (nSPS) is 40.5. The Kier molecular flexibility index (Phi) is 7.92. The molecule has 10 heteroatoms. The van der Waals surface area contributed by atoms with Gasteiger partial charge >= 0.3 is 12.2 Å². The highest BCUT2D eigenvalue weighted by molar-refractivity contribution is 5.68. The minimum Gasteiger partial charge on any atom is -0.448 e. The van der Waals surface area contributed by atoms with Crippen molar-refractivity contribution in [3.63, 3.8) is 0 Å². The second-order valence-corrected chi connectivity index (χ2v) is 13.4. The first-order chi connectivity index (χ1) is 17.6. The molecule has 2 amide bonds. The lowest BCUT2D eigenvalue weighted by molar-refractivity contribution is -0.0330. The van der Waals surface area contributed by atoms with Crippen molar-refractivity contribution in [3.05, 3.63) is 0 Å². The molecule has 7 aliphatic rings. The van der Waals surface area contributed by atoms with Crippen LogP contribution in [0.15, 0.2) is 0 Å². The van der Waals surface area contributed by atoms with Gasteiger partial charge in [-0.2, -0.15) is 0 Å². The molecule has 7 fully saturated rings. The van der Waals surface area contributed by atoms with Crippen LogP contribution in [0.2, 0.25) is 0 Å². The maximum atomic E-state index is 13.1. The fourth-order valence-corrected chi connectivity index (χ4v) is 7.85. The van der Waals surface area contributed by atoms with Crippen LogP contribution in [0.4, 0.5) is 9.59 Å². The number of carbonyl (C=O) groups is 2. The summed E-state index contributed by atoms with van der Waals surface area (Å²) in [6, 6.07) is 0.327. The number of piperazine rings is 4. The molecule has 0 aromatic heterocycles. The van der Waals surface area contributed by atoms with Gasteiger partial charge in [0.25, 0.3) is 0 Å². The van der Waals surface area contributed by atoms with E-state index in [-0.39, 0.29) is 35.3 Å². The average Bonchev–Trinajstić information content (AvgIpc) is 3.15. The van der Waals surface area contributed by atoms with Gasteiger partial charge in [-0.15, -0.1) is 0 Å². The summed E-state index contributed by atoms with van der Waals surface area (Å²) >= 11 is 0. The number of amides is 2. The van der Waals surface area contributed by atoms with Gasteiger partial charge < -0.3 is 24.6 Å². The van der Waals surface area contributed by atoms with Crippen molar-refractivity contribution in [1.29, 1.82) is 0 Å². The topological polar surface area (TPSA) is 80.8 Å². The highest BCUT2D eigenvalue weighted by Crippen LogP contribution is 2.46. The number of fused-ring (bicyclic) bond motifs is 7. The highest BCUT2D eigenvalue weighted by atomic mass is 16.6. The number of nitrogens with one attached hydrogen (secondary N) is 1. The molecule has 4 atom stereocenters. The lowest BCUT2D eigenvalue weighted by atomic mass is 9.62. The van der Waals surface area contributed by atoms with Crippen LogP contribution in [-0.2, 0) is 9.47 Å². The van der Waals surface area contributed by atoms with Crippen LogP contribution in [-0.4, -0.2) is 141 Å². The number of nitrogens with zero attached hydrogens (tertiary/aromatic N) is 5. The summed E-state index contributed by atoms with van der Waals surface area (Å²) in [4.78, 5) is 37.3. The summed E-state index contributed by atoms with van der Waals surface area (Å²) in [7, 11) is 1.85. The van der Waals surface area contributed by atoms with E-state index in [9.17, 15) is 9.59 Å². The van der Waals surface area contributed by atoms with Crippen molar-refractivity contribution in [3.8, 4) is 0 Å². The molecule has 210 valence electrons. The van der Waals surface area contributed by atoms with E-state index < -0.39 is 0 Å². The van der Waals surface area contributed by atoms with Gasteiger partial charge in [-0.1, -0.05) is 20.8 Å². The van der Waals surface area contributed by atoms with E-state index in [1.807, 2.05) is 7.05 Å². The SMILES string of the molecule is CN(CC1(C)CC(NC(=O)OCC2CN3CCN2CC3)CC(C)(C)C1)C(=O)OC1CCN2CCN1CC2. The number of rotatable bonds is 6. The van der Waals surface area contributed by atoms with Crippen LogP contribution in [0.5, 0.6) is 0 Å². The van der Waals surface area contributed by atoms with Gasteiger partial charge in [0.2, 0.25) is 0 Å². The molecule has 4 unspecified atom stereocenters. The Hall–Kier alpha value is -1.62. The summed E-state index contributed by atoms with van der Waals surface area (Å²) in [5.74, 6) is 0. The minimum atomic E-state index is -0.316. The maximum absolute atomic E-state index is 13.1. The zero-order valence-corrected chi connectivity index (χ0v) is 23.4. The number of hydrogen-bond donors (Lipinski definition) is 1. The van der Waals surface area contributed by atoms with Crippen molar-refractivity contribution in [2.24, 2.45) is 10.8 Å². The van der Waals surface area contributed by atoms with Crippen LogP contribution in [0.25, 0.3) is 0 Å². The third kappa shape index (κ3) is 6.69. The lowest BCUT2D eigenvalue weighted by Gasteiger charge is -2.48. The summed E-state index contributed by atoms with van der Waals surface area (Å²) in [6.45, 7) is 18.2. The molecule has 6 heterocycles. The molecule has 7 rings (SSSR count). The first kappa shape index (κ1) is 27.0. The monoisotopic (exact) mass is 520 g/mol. The molecule has 37 heavy (non-hydrogen) atoms. The zero-order valence-electron chi connectivity index (χ0n) is 23.4. The summed E-state index contributed by atoms with van der Waals surface area (Å²) in [5.41, 5.74) is -0.0691. The van der Waals surface area contributed by atoms with Gasteiger partial charge in [0, 0.05) is 91.5 Å². The first-order valence-corrected chi connectivity index (χ1v) is 14.4. The molecular weight excluding hydrogens is 472 g/mol. The Morgan fingerprint density at radius 3 is 2.27 bits per heavy atom. The Morgan fingerprint density at radius 2 is 1.59 bits per heavy atom. The van der Waals surface area contributed by atoms with Crippen molar-refractivity contribution in [2.45, 2.75) is 64.8 Å². The van der Waals surface area contributed by atoms with E-state index in [0.717, 1.165) is 91.1 Å². The Balaban J connectivity index is 1.12. The third-order valence-corrected chi connectivity index (χ3v) is 9.24. The summed E-state index contributed by atoms with van der Waals surface area (Å²) in [5, 5.41) is 3.17. The number of alkyl carbamates (subject to hydrolysis) is 1. The quantitative estimate of drug-likeness (QED) is 0.567. The van der Waals surface area contributed by atoms with E-state index in [1.54, 1.807) is 4.90 Å². The van der Waals surface area contributed by atoms with E-state index in [1.165, 1.54) is 0 Å². The number of ether oxygens (including phenoxy) is 2. The van der Waals surface area contributed by atoms with Crippen LogP contribution >= 0.6 is 0 Å². The summed E-state index contributed by atoms with van der Waals surface area (Å²) < 4.78 is 11.7. The molecule has 0 radical (unpaired) electrons. The standard InChI is InChI=1S/C27H48N6O4/c1-26(2)15-21(28-24(34)36-18-22-17-31-9-11-32(22)12-10-31)16-27(3,19-26)20-29(4)25(35)37-23-5-6-30-7-13-33(23)14-8-30/h21-23H,5-20H2,1-4H3,(H,28,34). The van der Waals surface area contributed by atoms with E-state index in [4.69, 9.17) is 9.47 Å². The minimum absolute atomic E-state index is 0.0231. The number of carbonyl (C=O) groups excluding carboxylic acids is 2. The van der Waals surface area contributed by atoms with Crippen LogP contribution < -0.4 is 5.32 Å². The molecule has 0 aromatic carbocycles. The van der Waals surface area contributed by atoms with Crippen LogP contribution in [0.3, 0.4) is 0 Å². The van der Waals surface area contributed by atoms with Crippen LogP contribution in [0, 0.1) is 10.8 Å². The molecule has 0 aromatic rings. The zero-order chi connectivity index (χ0) is 26.2. The smallest absolute Gasteiger partial charge is 0.411 e. The molecule has 1 saturated carbocycles. The molecule has 6 aliphatic heterocycles. The molecule has 1 aliphatic carbocycles. The molecular formula is C27H48N6O4. The molecule has 0 spiro atoms. The second kappa shape index (κ2) is 10.9. The van der Waals surface area contributed by atoms with Crippen molar-refractivity contribution in [2.75, 3.05) is 85.6 Å². The second-order valence-electron chi connectivity index (χ2n) is 13.4. The summed E-state index contributed by atoms with van der Waals surface area (Å²) in [6.07, 6.45) is 2.89. The Labute approximate surface area is 222 Å². The lowest BCUT2D eigenvalue weighted by Crippen LogP contribution is -2.62. The van der Waals surface area contributed by atoms with E-state index in [0.29, 0.717) is 19.2 Å². The highest BCUT2D eigenvalue weighted by Gasteiger charge is 2.43. The largest absolute Gasteiger partial charge is 0.448 e.